The van der Waals surface area contributed by atoms with Crippen LogP contribution in [0.2, 0.25) is 0 Å². The fraction of sp³-hybridized carbons (Fsp3) is 0.364. The molecule has 3 aromatic rings. The van der Waals surface area contributed by atoms with Crippen LogP contribution < -0.4 is 4.72 Å². The van der Waals surface area contributed by atoms with Crippen molar-refractivity contribution in [3.05, 3.63) is 41.6 Å². The van der Waals surface area contributed by atoms with Crippen molar-refractivity contribution in [2.75, 3.05) is 0 Å². The summed E-state index contributed by atoms with van der Waals surface area (Å²) in [4.78, 5) is 3.78. The molecule has 1 aromatic carbocycles. The normalized spacial score (nSPS) is 15.9. The highest BCUT2D eigenvalue weighted by atomic mass is 32.2. The highest BCUT2D eigenvalue weighted by molar-refractivity contribution is 7.89. The number of hydrogen-bond acceptors (Lipinski definition) is 5. The lowest BCUT2D eigenvalue weighted by Gasteiger charge is -2.30. The lowest BCUT2D eigenvalue weighted by molar-refractivity contribution is -0.147. The van der Waals surface area contributed by atoms with Crippen molar-refractivity contribution in [2.45, 2.75) is 56.3 Å². The summed E-state index contributed by atoms with van der Waals surface area (Å²) in [5.74, 6) is 0.0515. The van der Waals surface area contributed by atoms with E-state index in [9.17, 15) is 32.0 Å². The highest BCUT2D eigenvalue weighted by Crippen LogP contribution is 2.43. The van der Waals surface area contributed by atoms with Gasteiger partial charge >= 0.3 is 6.18 Å². The number of hydrogen-bond donors (Lipinski definition) is 2. The summed E-state index contributed by atoms with van der Waals surface area (Å²) in [7, 11) is -4.45. The summed E-state index contributed by atoms with van der Waals surface area (Å²) < 4.78 is 66.7. The maximum atomic E-state index is 12.8. The van der Waals surface area contributed by atoms with E-state index in [0.717, 1.165) is 31.0 Å². The van der Waals surface area contributed by atoms with Crippen molar-refractivity contribution in [2.24, 2.45) is 0 Å². The molecule has 11 heteroatoms. The van der Waals surface area contributed by atoms with Gasteiger partial charge in [-0.3, -0.25) is 4.98 Å². The second-order valence-corrected chi connectivity index (χ2v) is 9.92. The molecule has 0 saturated heterocycles. The number of pyridine rings is 1. The molecular weight excluding hydrogens is 457 g/mol. The Morgan fingerprint density at radius 3 is 2.52 bits per heavy atom. The molecule has 174 valence electrons. The number of sulfonamides is 1. The van der Waals surface area contributed by atoms with Crippen molar-refractivity contribution in [1.29, 1.82) is 5.26 Å². The molecule has 33 heavy (non-hydrogen) atoms. The number of phenols is 1. The number of fused-ring (bicyclic) bond motifs is 1. The number of alkyl halides is 3. The molecule has 2 N–H and O–H groups in total. The third-order valence-electron chi connectivity index (χ3n) is 5.98. The number of nitrogens with one attached hydrogen (secondary N) is 1. The van der Waals surface area contributed by atoms with E-state index >= 15 is 0 Å². The van der Waals surface area contributed by atoms with Crippen LogP contribution in [0.25, 0.3) is 22.3 Å². The van der Waals surface area contributed by atoms with Crippen molar-refractivity contribution in [3.63, 3.8) is 0 Å². The van der Waals surface area contributed by atoms with E-state index in [0.29, 0.717) is 34.8 Å². The molecule has 1 fully saturated rings. The molecular formula is C22H21F3N4O3S. The summed E-state index contributed by atoms with van der Waals surface area (Å²) in [5.41, 5.74) is 2.51. The maximum Gasteiger partial charge on any atom is 0.404 e. The minimum Gasteiger partial charge on any atom is -0.508 e. The fourth-order valence-electron chi connectivity index (χ4n) is 3.89. The third kappa shape index (κ3) is 4.05. The van der Waals surface area contributed by atoms with Gasteiger partial charge in [-0.2, -0.15) is 23.2 Å². The Kier molecular flexibility index (Phi) is 5.62. The van der Waals surface area contributed by atoms with Gasteiger partial charge in [0.05, 0.1) is 22.5 Å². The number of nitriles is 1. The van der Waals surface area contributed by atoms with Crippen LogP contribution in [-0.2, 0) is 10.0 Å². The number of aromatic hydroxyl groups is 1. The second kappa shape index (κ2) is 8.04. The SMILES string of the molecule is Cc1cc2c(cc1O)c(C#N)c(-c1ccc(S(=O)(=O)N[C@H](C)C(F)(F)F)cn1)n2C1CCC1. The zero-order valence-electron chi connectivity index (χ0n) is 17.8. The topological polar surface area (TPSA) is 108 Å². The minimum absolute atomic E-state index is 0.0515. The molecule has 1 aliphatic rings. The van der Waals surface area contributed by atoms with Crippen LogP contribution in [0.5, 0.6) is 5.75 Å². The van der Waals surface area contributed by atoms with Gasteiger partial charge in [-0.15, -0.1) is 0 Å². The van der Waals surface area contributed by atoms with Gasteiger partial charge in [0.15, 0.2) is 0 Å². The Balaban J connectivity index is 1.82. The Morgan fingerprint density at radius 1 is 1.30 bits per heavy atom. The standard InChI is InChI=1S/C22H21F3N4O3S/c1-12-8-19-16(9-20(12)30)17(10-26)21(29(19)14-4-3-5-14)18-7-6-15(11-27-18)33(31,32)28-13(2)22(23,24)25/h6-9,11,13-14,28,30H,3-5H2,1-2H3/t13-/m1/s1. The van der Waals surface area contributed by atoms with Gasteiger partial charge in [0.2, 0.25) is 10.0 Å². The van der Waals surface area contributed by atoms with Crippen LogP contribution in [0.3, 0.4) is 0 Å². The molecule has 0 bridgehead atoms. The van der Waals surface area contributed by atoms with Gasteiger partial charge in [0.1, 0.15) is 22.8 Å². The average Bonchev–Trinajstić information content (AvgIpc) is 2.99. The lowest BCUT2D eigenvalue weighted by Crippen LogP contribution is -2.42. The van der Waals surface area contributed by atoms with E-state index in [1.54, 1.807) is 17.7 Å². The molecule has 7 nitrogen and oxygen atoms in total. The predicted molar refractivity (Wildman–Crippen MR) is 115 cm³/mol. The molecule has 1 atom stereocenters. The number of aryl methyl sites for hydroxylation is 1. The number of phenolic OH excluding ortho intramolecular Hbond substituents is 1. The second-order valence-electron chi connectivity index (χ2n) is 8.21. The first-order chi connectivity index (χ1) is 15.4. The van der Waals surface area contributed by atoms with Crippen LogP contribution in [-0.4, -0.2) is 35.3 Å². The number of benzene rings is 1. The summed E-state index contributed by atoms with van der Waals surface area (Å²) in [6, 6.07) is 5.90. The van der Waals surface area contributed by atoms with Crippen molar-refractivity contribution < 1.29 is 26.7 Å². The first-order valence-corrected chi connectivity index (χ1v) is 11.8. The molecule has 0 spiro atoms. The summed E-state index contributed by atoms with van der Waals surface area (Å²) in [5, 5.41) is 20.6. The van der Waals surface area contributed by atoms with Crippen molar-refractivity contribution in [3.8, 4) is 23.2 Å². The van der Waals surface area contributed by atoms with Crippen molar-refractivity contribution >= 4 is 20.9 Å². The Hall–Kier alpha value is -3.10. The van der Waals surface area contributed by atoms with Gasteiger partial charge in [-0.1, -0.05) is 0 Å². The van der Waals surface area contributed by atoms with E-state index in [1.807, 2.05) is 4.57 Å². The lowest BCUT2D eigenvalue weighted by atomic mass is 9.92. The van der Waals surface area contributed by atoms with E-state index in [4.69, 9.17) is 0 Å². The molecule has 1 aliphatic carbocycles. The summed E-state index contributed by atoms with van der Waals surface area (Å²) in [6.45, 7) is 2.47. The molecule has 0 radical (unpaired) electrons. The van der Waals surface area contributed by atoms with Crippen LogP contribution in [0.15, 0.2) is 35.4 Å². The molecule has 0 amide bonds. The number of aromatic nitrogens is 2. The van der Waals surface area contributed by atoms with Crippen LogP contribution in [0, 0.1) is 18.3 Å². The van der Waals surface area contributed by atoms with Gasteiger partial charge < -0.3 is 9.67 Å². The summed E-state index contributed by atoms with van der Waals surface area (Å²) in [6.07, 6.45) is -0.931. The minimum atomic E-state index is -4.73. The van der Waals surface area contributed by atoms with Crippen LogP contribution in [0.1, 0.15) is 43.4 Å². The molecule has 2 aromatic heterocycles. The molecule has 2 heterocycles. The molecule has 0 unspecified atom stereocenters. The predicted octanol–water partition coefficient (Wildman–Crippen LogP) is 4.54. The number of rotatable bonds is 5. The largest absolute Gasteiger partial charge is 0.508 e. The molecule has 0 aliphatic heterocycles. The van der Waals surface area contributed by atoms with Gasteiger partial charge in [-0.05, 0) is 62.9 Å². The van der Waals surface area contributed by atoms with Gasteiger partial charge in [0, 0.05) is 17.6 Å². The molecule has 4 rings (SSSR count). The third-order valence-corrected chi connectivity index (χ3v) is 7.51. The van der Waals surface area contributed by atoms with Crippen LogP contribution in [0.4, 0.5) is 13.2 Å². The zero-order valence-corrected chi connectivity index (χ0v) is 18.6. The zero-order chi connectivity index (χ0) is 24.1. The van der Waals surface area contributed by atoms with Crippen molar-refractivity contribution in [1.82, 2.24) is 14.3 Å². The molecule has 1 saturated carbocycles. The van der Waals surface area contributed by atoms with Gasteiger partial charge in [-0.25, -0.2) is 8.42 Å². The highest BCUT2D eigenvalue weighted by Gasteiger charge is 2.39. The van der Waals surface area contributed by atoms with E-state index in [2.05, 4.69) is 11.1 Å². The monoisotopic (exact) mass is 478 g/mol. The fourth-order valence-corrected chi connectivity index (χ4v) is 5.06. The Labute approximate surface area is 188 Å². The number of halogens is 3. The summed E-state index contributed by atoms with van der Waals surface area (Å²) >= 11 is 0. The smallest absolute Gasteiger partial charge is 0.404 e. The quantitative estimate of drug-likeness (QED) is 0.560. The van der Waals surface area contributed by atoms with E-state index < -0.39 is 27.1 Å². The Bertz CT molecular complexity index is 1370. The maximum absolute atomic E-state index is 12.8. The van der Waals surface area contributed by atoms with E-state index in [-0.39, 0.29) is 11.8 Å². The first-order valence-electron chi connectivity index (χ1n) is 10.3. The average molecular weight is 478 g/mol. The van der Waals surface area contributed by atoms with E-state index in [1.165, 1.54) is 18.2 Å². The first kappa shape index (κ1) is 23.1. The Morgan fingerprint density at radius 2 is 2.00 bits per heavy atom. The number of nitrogens with zero attached hydrogens (tertiary/aromatic N) is 3. The van der Waals surface area contributed by atoms with Gasteiger partial charge in [0.25, 0.3) is 0 Å². The van der Waals surface area contributed by atoms with Crippen LogP contribution >= 0.6 is 0 Å².